The number of anilines is 2. The van der Waals surface area contributed by atoms with Crippen molar-refractivity contribution in [1.29, 1.82) is 0 Å². The maximum absolute atomic E-state index is 12.0. The van der Waals surface area contributed by atoms with Gasteiger partial charge in [-0.2, -0.15) is 0 Å². The molecule has 3 N–H and O–H groups in total. The molecule has 2 aromatic rings. The molecule has 0 spiro atoms. The summed E-state index contributed by atoms with van der Waals surface area (Å²) >= 11 is 3.48. The van der Waals surface area contributed by atoms with Gasteiger partial charge in [0.15, 0.2) is 0 Å². The Balaban J connectivity index is 2.49. The molecule has 0 bridgehead atoms. The minimum Gasteiger partial charge on any atom is -0.326 e. The zero-order chi connectivity index (χ0) is 15.6. The number of benzene rings is 1. The van der Waals surface area contributed by atoms with Gasteiger partial charge in [-0.3, -0.25) is 9.36 Å². The van der Waals surface area contributed by atoms with Crippen LogP contribution in [0.4, 0.5) is 11.6 Å². The zero-order valence-corrected chi connectivity index (χ0v) is 13.9. The maximum Gasteiger partial charge on any atom is 0.254 e. The molecule has 5 nitrogen and oxygen atoms in total. The van der Waals surface area contributed by atoms with Crippen molar-refractivity contribution in [2.75, 3.05) is 5.32 Å². The van der Waals surface area contributed by atoms with E-state index in [1.54, 1.807) is 13.1 Å². The minimum absolute atomic E-state index is 0.0829. The summed E-state index contributed by atoms with van der Waals surface area (Å²) in [6.07, 6.45) is 0. The van der Waals surface area contributed by atoms with Crippen molar-refractivity contribution in [3.63, 3.8) is 0 Å². The van der Waals surface area contributed by atoms with Gasteiger partial charge in [0, 0.05) is 35.4 Å². The fourth-order valence-corrected chi connectivity index (χ4v) is 2.50. The molecule has 0 amide bonds. The summed E-state index contributed by atoms with van der Waals surface area (Å²) in [5.74, 6) is 0.704. The van der Waals surface area contributed by atoms with Gasteiger partial charge in [-0.15, -0.1) is 0 Å². The molecule has 0 saturated heterocycles. The number of nitrogens with zero attached hydrogens (tertiary/aromatic N) is 2. The summed E-state index contributed by atoms with van der Waals surface area (Å²) in [6.45, 7) is 4.41. The molecule has 112 valence electrons. The molecule has 0 fully saturated rings. The van der Waals surface area contributed by atoms with Crippen molar-refractivity contribution in [2.24, 2.45) is 12.8 Å². The Labute approximate surface area is 132 Å². The van der Waals surface area contributed by atoms with Crippen LogP contribution in [-0.4, -0.2) is 9.55 Å². The summed E-state index contributed by atoms with van der Waals surface area (Å²) in [7, 11) is 1.70. The lowest BCUT2D eigenvalue weighted by molar-refractivity contribution is 0.765. The molecule has 2 rings (SSSR count). The predicted octanol–water partition coefficient (Wildman–Crippen LogP) is 2.87. The summed E-state index contributed by atoms with van der Waals surface area (Å²) in [4.78, 5) is 16.6. The molecule has 0 aliphatic rings. The van der Waals surface area contributed by atoms with E-state index in [4.69, 9.17) is 5.73 Å². The van der Waals surface area contributed by atoms with Crippen LogP contribution >= 0.6 is 15.9 Å². The van der Waals surface area contributed by atoms with Crippen LogP contribution in [0.2, 0.25) is 0 Å². The van der Waals surface area contributed by atoms with Crippen molar-refractivity contribution in [2.45, 2.75) is 26.3 Å². The van der Waals surface area contributed by atoms with Gasteiger partial charge in [-0.25, -0.2) is 4.98 Å². The fraction of sp³-hybridized carbons (Fsp3) is 0.333. The second-order valence-corrected chi connectivity index (χ2v) is 6.01. The van der Waals surface area contributed by atoms with Crippen LogP contribution in [0.3, 0.4) is 0 Å². The highest BCUT2D eigenvalue weighted by molar-refractivity contribution is 9.10. The Hall–Kier alpha value is -1.66. The van der Waals surface area contributed by atoms with Crippen LogP contribution in [0.25, 0.3) is 0 Å². The molecule has 6 heteroatoms. The van der Waals surface area contributed by atoms with Crippen molar-refractivity contribution in [3.05, 3.63) is 50.3 Å². The highest BCUT2D eigenvalue weighted by Crippen LogP contribution is 2.26. The molecule has 1 aromatic heterocycles. The van der Waals surface area contributed by atoms with Gasteiger partial charge in [0.2, 0.25) is 5.95 Å². The average Bonchev–Trinajstić information content (AvgIpc) is 2.43. The second-order valence-electron chi connectivity index (χ2n) is 5.15. The molecule has 0 atom stereocenters. The summed E-state index contributed by atoms with van der Waals surface area (Å²) in [5.41, 5.74) is 8.27. The molecule has 0 saturated carbocycles. The third-order valence-corrected chi connectivity index (χ3v) is 4.06. The maximum atomic E-state index is 12.0. The van der Waals surface area contributed by atoms with Gasteiger partial charge in [-0.05, 0) is 18.1 Å². The van der Waals surface area contributed by atoms with Crippen molar-refractivity contribution in [3.8, 4) is 0 Å². The second kappa shape index (κ2) is 6.41. The SMILES string of the molecule is CC(C)c1cc(=O)n(C)c(Nc2cccc(Br)c2CN)n1. The molecule has 0 unspecified atom stereocenters. The van der Waals surface area contributed by atoms with Gasteiger partial charge in [0.05, 0.1) is 5.69 Å². The number of rotatable bonds is 4. The topological polar surface area (TPSA) is 72.9 Å². The van der Waals surface area contributed by atoms with Crippen molar-refractivity contribution < 1.29 is 0 Å². The van der Waals surface area contributed by atoms with E-state index in [9.17, 15) is 4.79 Å². The number of hydrogen-bond acceptors (Lipinski definition) is 4. The zero-order valence-electron chi connectivity index (χ0n) is 12.4. The smallest absolute Gasteiger partial charge is 0.254 e. The average molecular weight is 351 g/mol. The van der Waals surface area contributed by atoms with Crippen molar-refractivity contribution in [1.82, 2.24) is 9.55 Å². The van der Waals surface area contributed by atoms with E-state index in [0.29, 0.717) is 12.5 Å². The Kier molecular flexibility index (Phi) is 4.80. The molecule has 21 heavy (non-hydrogen) atoms. The molecule has 0 radical (unpaired) electrons. The van der Waals surface area contributed by atoms with Crippen LogP contribution < -0.4 is 16.6 Å². The van der Waals surface area contributed by atoms with Crippen LogP contribution in [-0.2, 0) is 13.6 Å². The first-order valence-electron chi connectivity index (χ1n) is 6.76. The third kappa shape index (κ3) is 3.33. The molecular weight excluding hydrogens is 332 g/mol. The van der Waals surface area contributed by atoms with Gasteiger partial charge < -0.3 is 11.1 Å². The van der Waals surface area contributed by atoms with Crippen molar-refractivity contribution >= 4 is 27.6 Å². The number of nitrogens with two attached hydrogens (primary N) is 1. The molecular formula is C15H19BrN4O. The monoisotopic (exact) mass is 350 g/mol. The van der Waals surface area contributed by atoms with E-state index >= 15 is 0 Å². The highest BCUT2D eigenvalue weighted by atomic mass is 79.9. The quantitative estimate of drug-likeness (QED) is 0.889. The van der Waals surface area contributed by atoms with E-state index in [-0.39, 0.29) is 11.5 Å². The van der Waals surface area contributed by atoms with E-state index in [0.717, 1.165) is 21.4 Å². The summed E-state index contributed by atoms with van der Waals surface area (Å²) in [6, 6.07) is 7.34. The first kappa shape index (κ1) is 15.7. The summed E-state index contributed by atoms with van der Waals surface area (Å²) < 4.78 is 2.42. The van der Waals surface area contributed by atoms with Crippen LogP contribution in [0, 0.1) is 0 Å². The Morgan fingerprint density at radius 2 is 2.14 bits per heavy atom. The van der Waals surface area contributed by atoms with Gasteiger partial charge in [0.1, 0.15) is 0 Å². The Morgan fingerprint density at radius 1 is 1.43 bits per heavy atom. The number of aromatic nitrogens is 2. The number of hydrogen-bond donors (Lipinski definition) is 2. The first-order chi connectivity index (χ1) is 9.93. The van der Waals surface area contributed by atoms with Gasteiger partial charge in [-0.1, -0.05) is 35.8 Å². The third-order valence-electron chi connectivity index (χ3n) is 3.32. The van der Waals surface area contributed by atoms with Crippen LogP contribution in [0.15, 0.2) is 33.5 Å². The minimum atomic E-state index is -0.0829. The van der Waals surface area contributed by atoms with E-state index in [2.05, 4.69) is 26.2 Å². The van der Waals surface area contributed by atoms with E-state index in [1.807, 2.05) is 32.0 Å². The Bertz CT molecular complexity index is 709. The van der Waals surface area contributed by atoms with Gasteiger partial charge >= 0.3 is 0 Å². The van der Waals surface area contributed by atoms with E-state index in [1.165, 1.54) is 4.57 Å². The summed E-state index contributed by atoms with van der Waals surface area (Å²) in [5, 5.41) is 3.21. The van der Waals surface area contributed by atoms with Gasteiger partial charge in [0.25, 0.3) is 5.56 Å². The first-order valence-corrected chi connectivity index (χ1v) is 7.55. The molecule has 1 heterocycles. The number of halogens is 1. The Morgan fingerprint density at radius 3 is 2.76 bits per heavy atom. The lowest BCUT2D eigenvalue weighted by atomic mass is 10.1. The molecule has 0 aliphatic heterocycles. The lowest BCUT2D eigenvalue weighted by Crippen LogP contribution is -2.22. The molecule has 0 aliphatic carbocycles. The molecule has 1 aromatic carbocycles. The number of nitrogens with one attached hydrogen (secondary N) is 1. The van der Waals surface area contributed by atoms with Crippen LogP contribution in [0.5, 0.6) is 0 Å². The van der Waals surface area contributed by atoms with E-state index < -0.39 is 0 Å². The lowest BCUT2D eigenvalue weighted by Gasteiger charge is -2.15. The predicted molar refractivity (Wildman–Crippen MR) is 88.9 cm³/mol. The van der Waals surface area contributed by atoms with Crippen LogP contribution in [0.1, 0.15) is 31.0 Å². The highest BCUT2D eigenvalue weighted by Gasteiger charge is 2.11. The normalized spacial score (nSPS) is 11.0. The largest absolute Gasteiger partial charge is 0.326 e. The standard InChI is InChI=1S/C15H19BrN4O/c1-9(2)13-7-14(21)20(3)15(19-13)18-12-6-4-5-11(16)10(12)8-17/h4-7,9H,8,17H2,1-3H3,(H,18,19). The fourth-order valence-electron chi connectivity index (χ4n) is 1.97.